The molecule has 3 N–H and O–H groups in total. The van der Waals surface area contributed by atoms with Gasteiger partial charge in [0.1, 0.15) is 5.82 Å². The van der Waals surface area contributed by atoms with Gasteiger partial charge in [-0.15, -0.1) is 0 Å². The van der Waals surface area contributed by atoms with E-state index in [9.17, 15) is 4.79 Å². The first-order chi connectivity index (χ1) is 13.0. The molecule has 1 aromatic carbocycles. The summed E-state index contributed by atoms with van der Waals surface area (Å²) in [6.07, 6.45) is 7.48. The summed E-state index contributed by atoms with van der Waals surface area (Å²) in [4.78, 5) is 22.8. The highest BCUT2D eigenvalue weighted by molar-refractivity contribution is 7.99. The lowest BCUT2D eigenvalue weighted by atomic mass is 9.74. The molecule has 2 aliphatic rings. The van der Waals surface area contributed by atoms with Crippen molar-refractivity contribution in [2.45, 2.75) is 48.1 Å². The van der Waals surface area contributed by atoms with Gasteiger partial charge in [0, 0.05) is 24.0 Å². The molecule has 4 rings (SSSR count). The Labute approximate surface area is 172 Å². The van der Waals surface area contributed by atoms with Gasteiger partial charge >= 0.3 is 0 Å². The maximum Gasteiger partial charge on any atom is 0.282 e. The number of aromatic nitrogens is 2. The molecule has 27 heavy (non-hydrogen) atoms. The van der Waals surface area contributed by atoms with Crippen molar-refractivity contribution >= 4 is 40.8 Å². The van der Waals surface area contributed by atoms with E-state index < -0.39 is 0 Å². The topological polar surface area (TPSA) is 75.0 Å². The maximum absolute atomic E-state index is 12.5. The van der Waals surface area contributed by atoms with Crippen LogP contribution < -0.4 is 16.2 Å². The number of hydrogen-bond donors (Lipinski definition) is 2. The molecule has 0 bridgehead atoms. The van der Waals surface area contributed by atoms with Gasteiger partial charge in [0.2, 0.25) is 0 Å². The van der Waals surface area contributed by atoms with E-state index in [-0.39, 0.29) is 5.56 Å². The molecule has 1 atom stereocenters. The monoisotopic (exact) mass is 424 g/mol. The first kappa shape index (κ1) is 19.1. The normalized spacial score (nSPS) is 21.7. The summed E-state index contributed by atoms with van der Waals surface area (Å²) < 4.78 is 0. The number of piperidine rings is 1. The summed E-state index contributed by atoms with van der Waals surface area (Å²) in [6, 6.07) is 5.66. The van der Waals surface area contributed by atoms with E-state index in [4.69, 9.17) is 28.9 Å². The van der Waals surface area contributed by atoms with Crippen LogP contribution in [0.1, 0.15) is 32.1 Å². The fourth-order valence-corrected chi connectivity index (χ4v) is 5.54. The maximum atomic E-state index is 12.5. The molecular weight excluding hydrogens is 403 g/mol. The Morgan fingerprint density at radius 3 is 2.70 bits per heavy atom. The molecule has 0 radical (unpaired) electrons. The number of H-pyrrole nitrogens is 1. The van der Waals surface area contributed by atoms with Gasteiger partial charge in [0.15, 0.2) is 5.03 Å². The van der Waals surface area contributed by atoms with E-state index in [0.717, 1.165) is 38.2 Å². The van der Waals surface area contributed by atoms with Gasteiger partial charge in [-0.1, -0.05) is 47.5 Å². The molecule has 1 aromatic heterocycles. The molecule has 144 valence electrons. The minimum Gasteiger partial charge on any atom is -0.357 e. The van der Waals surface area contributed by atoms with E-state index in [1.54, 1.807) is 18.3 Å². The largest absolute Gasteiger partial charge is 0.357 e. The summed E-state index contributed by atoms with van der Waals surface area (Å²) in [5.41, 5.74) is 6.44. The van der Waals surface area contributed by atoms with Crippen LogP contribution in [-0.4, -0.2) is 29.1 Å². The van der Waals surface area contributed by atoms with Crippen LogP contribution in [0.4, 0.5) is 5.82 Å². The highest BCUT2D eigenvalue weighted by Gasteiger charge is 2.42. The second-order valence-electron chi connectivity index (χ2n) is 7.40. The molecule has 1 unspecified atom stereocenters. The standard InChI is InChI=1S/C19H22Cl2N4OS/c20-12-3-1-4-13(16(12)21)27-18-17(26)24-15(11-23-18)25-9-7-19(8-10-25)6-2-5-14(19)22/h1,3-4,11,14H,2,5-10,22H2,(H,24,26). The van der Waals surface area contributed by atoms with Gasteiger partial charge in [0.05, 0.1) is 16.2 Å². The molecule has 5 nitrogen and oxygen atoms in total. The molecule has 1 spiro atoms. The van der Waals surface area contributed by atoms with Gasteiger partial charge in [-0.2, -0.15) is 0 Å². The van der Waals surface area contributed by atoms with Crippen LogP contribution in [0, 0.1) is 5.41 Å². The fourth-order valence-electron chi connectivity index (χ4n) is 4.26. The third-order valence-electron chi connectivity index (χ3n) is 5.94. The number of anilines is 1. The second-order valence-corrected chi connectivity index (χ2v) is 9.22. The lowest BCUT2D eigenvalue weighted by Crippen LogP contribution is -2.47. The minimum absolute atomic E-state index is 0.216. The molecule has 1 saturated carbocycles. The summed E-state index contributed by atoms with van der Waals surface area (Å²) in [5.74, 6) is 0.767. The van der Waals surface area contributed by atoms with Crippen LogP contribution in [0.15, 0.2) is 39.1 Å². The Bertz CT molecular complexity index is 896. The quantitative estimate of drug-likeness (QED) is 0.766. The lowest BCUT2D eigenvalue weighted by Gasteiger charge is -2.42. The van der Waals surface area contributed by atoms with Crippen molar-refractivity contribution in [3.05, 3.63) is 44.8 Å². The smallest absolute Gasteiger partial charge is 0.282 e. The predicted molar refractivity (Wildman–Crippen MR) is 111 cm³/mol. The molecule has 8 heteroatoms. The van der Waals surface area contributed by atoms with Crippen LogP contribution in [0.5, 0.6) is 0 Å². The van der Waals surface area contributed by atoms with Crippen molar-refractivity contribution in [1.82, 2.24) is 9.97 Å². The first-order valence-corrected chi connectivity index (χ1v) is 10.8. The zero-order valence-corrected chi connectivity index (χ0v) is 17.2. The molecule has 1 aliphatic carbocycles. The number of aromatic amines is 1. The average molecular weight is 425 g/mol. The summed E-state index contributed by atoms with van der Waals surface area (Å²) in [6.45, 7) is 1.80. The Balaban J connectivity index is 1.48. The van der Waals surface area contributed by atoms with Crippen LogP contribution in [0.3, 0.4) is 0 Å². The second kappa shape index (κ2) is 7.66. The molecule has 2 aromatic rings. The predicted octanol–water partition coefficient (Wildman–Crippen LogP) is 4.33. The molecule has 0 amide bonds. The Morgan fingerprint density at radius 1 is 1.26 bits per heavy atom. The Morgan fingerprint density at radius 2 is 2.04 bits per heavy atom. The number of hydrogen-bond acceptors (Lipinski definition) is 5. The average Bonchev–Trinajstić information content (AvgIpc) is 3.01. The van der Waals surface area contributed by atoms with Crippen molar-refractivity contribution < 1.29 is 0 Å². The highest BCUT2D eigenvalue weighted by atomic mass is 35.5. The zero-order chi connectivity index (χ0) is 19.0. The van der Waals surface area contributed by atoms with Crippen molar-refractivity contribution in [3.63, 3.8) is 0 Å². The van der Waals surface area contributed by atoms with E-state index >= 15 is 0 Å². The van der Waals surface area contributed by atoms with Crippen LogP contribution in [0.2, 0.25) is 10.0 Å². The van der Waals surface area contributed by atoms with Gasteiger partial charge in [-0.3, -0.25) is 4.79 Å². The Hall–Kier alpha value is -1.21. The van der Waals surface area contributed by atoms with Crippen molar-refractivity contribution in [1.29, 1.82) is 0 Å². The minimum atomic E-state index is -0.216. The number of halogens is 2. The summed E-state index contributed by atoms with van der Waals surface area (Å²) in [7, 11) is 0. The summed E-state index contributed by atoms with van der Waals surface area (Å²) >= 11 is 13.5. The van der Waals surface area contributed by atoms with Gasteiger partial charge in [-0.05, 0) is 43.2 Å². The van der Waals surface area contributed by atoms with Gasteiger partial charge in [-0.25, -0.2) is 4.98 Å². The first-order valence-electron chi connectivity index (χ1n) is 9.20. The van der Waals surface area contributed by atoms with Gasteiger partial charge < -0.3 is 15.6 Å². The van der Waals surface area contributed by atoms with Crippen molar-refractivity contribution in [3.8, 4) is 0 Å². The van der Waals surface area contributed by atoms with Crippen LogP contribution in [-0.2, 0) is 0 Å². The van der Waals surface area contributed by atoms with Gasteiger partial charge in [0.25, 0.3) is 5.56 Å². The SMILES string of the molecule is NC1CCCC12CCN(c1cnc(Sc3cccc(Cl)c3Cl)c(=O)[nH]1)CC2. The van der Waals surface area contributed by atoms with E-state index in [1.165, 1.54) is 24.6 Å². The van der Waals surface area contributed by atoms with Crippen LogP contribution >= 0.6 is 35.0 Å². The Kier molecular flexibility index (Phi) is 5.43. The number of rotatable bonds is 3. The molecule has 1 saturated heterocycles. The van der Waals surface area contributed by atoms with E-state index in [0.29, 0.717) is 31.4 Å². The van der Waals surface area contributed by atoms with Crippen molar-refractivity contribution in [2.24, 2.45) is 11.1 Å². The number of benzene rings is 1. The third-order valence-corrected chi connectivity index (χ3v) is 7.91. The van der Waals surface area contributed by atoms with Crippen molar-refractivity contribution in [2.75, 3.05) is 18.0 Å². The van der Waals surface area contributed by atoms with E-state index in [2.05, 4.69) is 14.9 Å². The molecular formula is C19H22Cl2N4OS. The summed E-state index contributed by atoms with van der Waals surface area (Å²) in [5, 5.41) is 1.25. The molecule has 1 aliphatic heterocycles. The highest BCUT2D eigenvalue weighted by Crippen LogP contribution is 2.45. The lowest BCUT2D eigenvalue weighted by molar-refractivity contribution is 0.197. The fraction of sp³-hybridized carbons (Fsp3) is 0.474. The number of nitrogens with two attached hydrogens (primary N) is 1. The zero-order valence-electron chi connectivity index (χ0n) is 14.9. The third kappa shape index (κ3) is 3.73. The molecule has 2 heterocycles. The number of nitrogens with zero attached hydrogens (tertiary/aromatic N) is 2. The van der Waals surface area contributed by atoms with E-state index in [1.807, 2.05) is 6.07 Å². The molecule has 2 fully saturated rings. The number of nitrogens with one attached hydrogen (secondary N) is 1. The van der Waals surface area contributed by atoms with Crippen LogP contribution in [0.25, 0.3) is 0 Å².